The molecule has 5 aromatic carbocycles. The molecule has 0 bridgehead atoms. The Morgan fingerprint density at radius 2 is 0.973 bits per heavy atom. The predicted molar refractivity (Wildman–Crippen MR) is 424 cm³/mol. The Hall–Kier alpha value is -7.09. The van der Waals surface area contributed by atoms with E-state index in [1.54, 1.807) is 51.7 Å². The van der Waals surface area contributed by atoms with Gasteiger partial charge in [0, 0.05) is 112 Å². The van der Waals surface area contributed by atoms with Crippen LogP contribution in [0.3, 0.4) is 0 Å². The summed E-state index contributed by atoms with van der Waals surface area (Å²) in [6, 6.07) is 34.0. The topological polar surface area (TPSA) is 298 Å². The fraction of sp³-hybridized carbons (Fsp3) is 0.488. The van der Waals surface area contributed by atoms with Crippen LogP contribution in [0.4, 0.5) is 11.4 Å². The number of nitrogens with one attached hydrogen (secondary N) is 1. The first-order valence-corrected chi connectivity index (χ1v) is 41.5. The summed E-state index contributed by atoms with van der Waals surface area (Å²) in [4.78, 5) is 42.0. The number of anilines is 1. The number of ether oxygens (including phenoxy) is 13. The first kappa shape index (κ1) is 90.1. The van der Waals surface area contributed by atoms with Gasteiger partial charge in [-0.25, -0.2) is 4.79 Å². The van der Waals surface area contributed by atoms with E-state index in [4.69, 9.17) is 61.6 Å². The van der Waals surface area contributed by atoms with Crippen LogP contribution in [0.5, 0.6) is 0 Å². The third-order valence-electron chi connectivity index (χ3n) is 18.6. The number of benzene rings is 5. The minimum atomic E-state index is -4.61. The molecule has 1 amide bonds. The number of hydrogen-bond acceptors (Lipinski definition) is 21. The van der Waals surface area contributed by atoms with Crippen LogP contribution in [0.15, 0.2) is 173 Å². The van der Waals surface area contributed by atoms with Crippen LogP contribution in [0.2, 0.25) is 0 Å². The van der Waals surface area contributed by atoms with Crippen LogP contribution >= 0.6 is 7.92 Å². The molecule has 2 atom stereocenters. The van der Waals surface area contributed by atoms with E-state index in [0.717, 1.165) is 33.4 Å². The lowest BCUT2D eigenvalue weighted by Gasteiger charge is -2.30. The van der Waals surface area contributed by atoms with Crippen molar-refractivity contribution in [2.75, 3.05) is 192 Å². The SMILES string of the molecule is COCCOCCOCCOCCN1C(=CC=CC=CC=CC2=[N+](CCCCCC(=O)CCCNC(=O)c3ccc(C(=O)OC)c(P(c4ccccc4)c4ccccc4)c3)c3ccc(S(=O)(=O)O)cc3C2(C)CCOCCOCCOCCOC)C(C)(CCOCCOCCOCCOC)c2cc(S(=O)(=O)O)ccc21. The summed E-state index contributed by atoms with van der Waals surface area (Å²) in [5.41, 5.74) is 3.65. The molecule has 0 radical (unpaired) electrons. The number of esters is 1. The minimum Gasteiger partial charge on any atom is -0.465 e. The first-order chi connectivity index (χ1) is 53.3. The summed E-state index contributed by atoms with van der Waals surface area (Å²) < 4.78 is 146. The van der Waals surface area contributed by atoms with Crippen molar-refractivity contribution in [1.29, 1.82) is 0 Å². The molecule has 0 aliphatic carbocycles. The Labute approximate surface area is 650 Å². The monoisotopic (exact) mass is 1580 g/mol. The highest BCUT2D eigenvalue weighted by molar-refractivity contribution is 7.86. The maximum Gasteiger partial charge on any atom is 0.338 e. The molecular formula is C82H111N3O22PS2+. The molecule has 7 rings (SSSR count). The smallest absolute Gasteiger partial charge is 0.338 e. The molecule has 602 valence electrons. The number of hydrogen-bond donors (Lipinski definition) is 3. The zero-order valence-electron chi connectivity index (χ0n) is 64.4. The number of carbonyl (C=O) groups excluding carboxylic acids is 3. The highest BCUT2D eigenvalue weighted by atomic mass is 32.2. The van der Waals surface area contributed by atoms with Gasteiger partial charge in [-0.2, -0.15) is 21.4 Å². The Morgan fingerprint density at radius 3 is 1.50 bits per heavy atom. The van der Waals surface area contributed by atoms with Crippen LogP contribution in [-0.4, -0.2) is 241 Å². The van der Waals surface area contributed by atoms with Crippen molar-refractivity contribution in [2.45, 2.75) is 85.8 Å². The number of Topliss-reactive ketones (excluding diaryl/α,β-unsaturated/α-hetero) is 1. The van der Waals surface area contributed by atoms with Gasteiger partial charge in [-0.05, 0) is 125 Å². The third kappa shape index (κ3) is 28.5. The molecule has 25 nitrogen and oxygen atoms in total. The summed E-state index contributed by atoms with van der Waals surface area (Å²) >= 11 is 0. The largest absolute Gasteiger partial charge is 0.465 e. The van der Waals surface area contributed by atoms with Gasteiger partial charge in [-0.15, -0.1) is 0 Å². The Balaban J connectivity index is 1.07. The normalized spacial score (nSPS) is 16.2. The van der Waals surface area contributed by atoms with E-state index in [1.807, 2.05) is 117 Å². The number of carbonyl (C=O) groups is 3. The van der Waals surface area contributed by atoms with E-state index in [1.165, 1.54) is 31.4 Å². The van der Waals surface area contributed by atoms with Crippen LogP contribution in [0, 0.1) is 0 Å². The van der Waals surface area contributed by atoms with Crippen LogP contribution in [0.25, 0.3) is 0 Å². The van der Waals surface area contributed by atoms with Gasteiger partial charge in [-0.1, -0.05) is 91.0 Å². The molecular weight excluding hydrogens is 1470 g/mol. The number of fused-ring (bicyclic) bond motifs is 2. The fourth-order valence-electron chi connectivity index (χ4n) is 12.8. The molecule has 5 aromatic rings. The summed E-state index contributed by atoms with van der Waals surface area (Å²) in [6.07, 6.45) is 17.3. The molecule has 110 heavy (non-hydrogen) atoms. The van der Waals surface area contributed by atoms with E-state index in [2.05, 4.69) is 14.8 Å². The highest BCUT2D eigenvalue weighted by Crippen LogP contribution is 2.51. The van der Waals surface area contributed by atoms with E-state index in [-0.39, 0.29) is 47.7 Å². The van der Waals surface area contributed by atoms with Crippen molar-refractivity contribution in [3.8, 4) is 0 Å². The average Bonchev–Trinajstić information content (AvgIpc) is 1.58. The van der Waals surface area contributed by atoms with Crippen molar-refractivity contribution in [2.24, 2.45) is 0 Å². The molecule has 2 aliphatic heterocycles. The molecule has 2 heterocycles. The number of allylic oxidation sites excluding steroid dienone is 8. The second-order valence-electron chi connectivity index (χ2n) is 26.3. The van der Waals surface area contributed by atoms with E-state index in [0.29, 0.717) is 211 Å². The molecule has 0 spiro atoms. The molecule has 28 heteroatoms. The lowest BCUT2D eigenvalue weighted by Crippen LogP contribution is -2.33. The van der Waals surface area contributed by atoms with Gasteiger partial charge in [0.15, 0.2) is 5.71 Å². The van der Waals surface area contributed by atoms with Gasteiger partial charge >= 0.3 is 5.97 Å². The second-order valence-corrected chi connectivity index (χ2v) is 31.3. The van der Waals surface area contributed by atoms with Crippen molar-refractivity contribution in [3.63, 3.8) is 0 Å². The molecule has 2 unspecified atom stereocenters. The van der Waals surface area contributed by atoms with Crippen LogP contribution in [-0.2, 0) is 97.4 Å². The molecule has 0 aromatic heterocycles. The second kappa shape index (κ2) is 48.7. The number of nitrogens with zero attached hydrogens (tertiary/aromatic N) is 2. The number of rotatable bonds is 57. The summed E-state index contributed by atoms with van der Waals surface area (Å²) in [7, 11) is -4.28. The molecule has 2 aliphatic rings. The highest BCUT2D eigenvalue weighted by Gasteiger charge is 2.48. The van der Waals surface area contributed by atoms with E-state index in [9.17, 15) is 40.3 Å². The maximum atomic E-state index is 13.8. The van der Waals surface area contributed by atoms with Gasteiger partial charge in [0.05, 0.1) is 153 Å². The van der Waals surface area contributed by atoms with Gasteiger partial charge in [0.25, 0.3) is 26.1 Å². The van der Waals surface area contributed by atoms with E-state index >= 15 is 0 Å². The molecule has 3 N–H and O–H groups in total. The molecule has 0 saturated heterocycles. The van der Waals surface area contributed by atoms with Gasteiger partial charge in [-0.3, -0.25) is 18.7 Å². The standard InChI is InChI=1S/C82H110N3O22PS2/c1-81(36-41-99-50-53-105-59-56-102-47-44-95-3)72-63-69(109(89,90)91)31-34-74(72)84(39-20-12-13-22-66(86)23-21-38-83-79(87)65-30-33-71(80(88)98-6)76(62-65)108(67-24-14-10-15-25-67)68-26-16-11-17-27-68)77(81)28-18-8-7-9-19-29-78-82(2,37-42-100-51-54-106-60-57-103-48-45-96-4)73-64-70(110(92,93)94)32-35-75(73)85(78)40-43-101-52-55-107-61-58-104-49-46-97-5/h7-11,14-19,24-35,62-64H,12-13,20-23,36-61H2,1-6H3,(H2-,83,87,89,90,91,92,93,94)/p+1. The summed E-state index contributed by atoms with van der Waals surface area (Å²) in [5, 5.41) is 5.68. The Kier molecular flexibility index (Phi) is 39.9. The number of methoxy groups -OCH3 is 4. The van der Waals surface area contributed by atoms with Crippen molar-refractivity contribution >= 4 is 78.8 Å². The summed E-state index contributed by atoms with van der Waals surface area (Å²) in [5.74, 6) is -0.758. The zero-order chi connectivity index (χ0) is 78.9. The summed E-state index contributed by atoms with van der Waals surface area (Å²) in [6.45, 7) is 13.2. The number of unbranched alkanes of at least 4 members (excludes halogenated alkanes) is 2. The predicted octanol–water partition coefficient (Wildman–Crippen LogP) is 9.62. The quantitative estimate of drug-likeness (QED) is 0.00814. The van der Waals surface area contributed by atoms with Gasteiger partial charge in [0.1, 0.15) is 12.3 Å². The third-order valence-corrected chi connectivity index (χ3v) is 22.8. The van der Waals surface area contributed by atoms with Gasteiger partial charge in [0.2, 0.25) is 5.69 Å². The number of amides is 1. The Morgan fingerprint density at radius 1 is 0.500 bits per heavy atom. The lowest BCUT2D eigenvalue weighted by molar-refractivity contribution is -0.438. The van der Waals surface area contributed by atoms with Crippen LogP contribution < -0.4 is 26.1 Å². The fourth-order valence-corrected chi connectivity index (χ4v) is 16.3. The average molecular weight is 1590 g/mol. The minimum absolute atomic E-state index is 0.0674. The lowest BCUT2D eigenvalue weighted by atomic mass is 9.76. The van der Waals surface area contributed by atoms with E-state index < -0.39 is 45.0 Å². The molecule has 0 saturated carbocycles. The zero-order valence-corrected chi connectivity index (χ0v) is 66.9. The van der Waals surface area contributed by atoms with Crippen LogP contribution in [0.1, 0.15) is 97.1 Å². The van der Waals surface area contributed by atoms with Crippen molar-refractivity contribution in [1.82, 2.24) is 5.32 Å². The van der Waals surface area contributed by atoms with Crippen molar-refractivity contribution in [3.05, 3.63) is 186 Å². The Bertz CT molecular complexity index is 4010. The van der Waals surface area contributed by atoms with Crippen molar-refractivity contribution < 1.29 is 106 Å². The maximum absolute atomic E-state index is 13.8. The first-order valence-electron chi connectivity index (χ1n) is 37.3. The molecule has 0 fully saturated rings. The van der Waals surface area contributed by atoms with Gasteiger partial charge < -0.3 is 71.8 Å². The number of ketones is 1.